The molecule has 1 nitrogen and oxygen atoms in total. The second-order valence-electron chi connectivity index (χ2n) is 4.28. The summed E-state index contributed by atoms with van der Waals surface area (Å²) in [6.45, 7) is 3.34. The summed E-state index contributed by atoms with van der Waals surface area (Å²) in [5.74, 6) is 0. The SMILES string of the molecule is C[C@H]1NCCc2c1ccc1ccccc21. The van der Waals surface area contributed by atoms with Gasteiger partial charge in [0.1, 0.15) is 0 Å². The quantitative estimate of drug-likeness (QED) is 0.684. The summed E-state index contributed by atoms with van der Waals surface area (Å²) in [5.41, 5.74) is 3.01. The van der Waals surface area contributed by atoms with Gasteiger partial charge in [0.05, 0.1) is 0 Å². The van der Waals surface area contributed by atoms with E-state index in [1.165, 1.54) is 16.3 Å². The molecule has 1 aliphatic heterocycles. The van der Waals surface area contributed by atoms with E-state index in [0.717, 1.165) is 13.0 Å². The molecule has 1 aliphatic rings. The van der Waals surface area contributed by atoms with E-state index in [0.29, 0.717) is 6.04 Å². The van der Waals surface area contributed by atoms with Gasteiger partial charge in [-0.1, -0.05) is 36.4 Å². The minimum Gasteiger partial charge on any atom is -0.310 e. The minimum absolute atomic E-state index is 0.498. The van der Waals surface area contributed by atoms with Crippen molar-refractivity contribution in [2.75, 3.05) is 6.54 Å². The van der Waals surface area contributed by atoms with Gasteiger partial charge in [0.2, 0.25) is 0 Å². The topological polar surface area (TPSA) is 12.0 Å². The van der Waals surface area contributed by atoms with Crippen LogP contribution >= 0.6 is 0 Å². The van der Waals surface area contributed by atoms with Crippen LogP contribution < -0.4 is 5.32 Å². The minimum atomic E-state index is 0.498. The van der Waals surface area contributed by atoms with Crippen LogP contribution in [0.15, 0.2) is 36.4 Å². The van der Waals surface area contributed by atoms with Gasteiger partial charge in [0.15, 0.2) is 0 Å². The van der Waals surface area contributed by atoms with Crippen molar-refractivity contribution in [3.05, 3.63) is 47.5 Å². The Hall–Kier alpha value is -1.34. The molecule has 0 bridgehead atoms. The lowest BCUT2D eigenvalue weighted by Gasteiger charge is -2.25. The Kier molecular flexibility index (Phi) is 2.00. The molecule has 76 valence electrons. The molecule has 1 atom stereocenters. The van der Waals surface area contributed by atoms with Gasteiger partial charge in [-0.05, 0) is 41.8 Å². The highest BCUT2D eigenvalue weighted by molar-refractivity contribution is 5.87. The van der Waals surface area contributed by atoms with Gasteiger partial charge >= 0.3 is 0 Å². The molecule has 1 N–H and O–H groups in total. The van der Waals surface area contributed by atoms with Crippen LogP contribution in [0.1, 0.15) is 24.1 Å². The summed E-state index contributed by atoms with van der Waals surface area (Å²) >= 11 is 0. The van der Waals surface area contributed by atoms with Crippen LogP contribution in [0.25, 0.3) is 10.8 Å². The fraction of sp³-hybridized carbons (Fsp3) is 0.286. The molecule has 0 fully saturated rings. The van der Waals surface area contributed by atoms with Crippen molar-refractivity contribution in [2.24, 2.45) is 0 Å². The third-order valence-corrected chi connectivity index (χ3v) is 3.37. The number of fused-ring (bicyclic) bond motifs is 3. The van der Waals surface area contributed by atoms with Gasteiger partial charge in [-0.2, -0.15) is 0 Å². The molecule has 0 aliphatic carbocycles. The van der Waals surface area contributed by atoms with Gasteiger partial charge in [0, 0.05) is 6.04 Å². The van der Waals surface area contributed by atoms with Crippen LogP contribution in [0, 0.1) is 0 Å². The third kappa shape index (κ3) is 1.35. The largest absolute Gasteiger partial charge is 0.310 e. The molecule has 0 saturated carbocycles. The zero-order chi connectivity index (χ0) is 10.3. The Labute approximate surface area is 90.1 Å². The van der Waals surface area contributed by atoms with E-state index < -0.39 is 0 Å². The highest BCUT2D eigenvalue weighted by Crippen LogP contribution is 2.29. The van der Waals surface area contributed by atoms with E-state index in [2.05, 4.69) is 48.6 Å². The summed E-state index contributed by atoms with van der Waals surface area (Å²) in [6, 6.07) is 13.7. The van der Waals surface area contributed by atoms with Gasteiger partial charge in [-0.15, -0.1) is 0 Å². The van der Waals surface area contributed by atoms with Gasteiger partial charge < -0.3 is 5.32 Å². The zero-order valence-electron chi connectivity index (χ0n) is 8.96. The molecule has 0 amide bonds. The molecule has 1 heteroatoms. The second kappa shape index (κ2) is 3.35. The fourth-order valence-corrected chi connectivity index (χ4v) is 2.56. The van der Waals surface area contributed by atoms with E-state index >= 15 is 0 Å². The van der Waals surface area contributed by atoms with Crippen LogP contribution in [-0.2, 0) is 6.42 Å². The van der Waals surface area contributed by atoms with Gasteiger partial charge in [-0.25, -0.2) is 0 Å². The summed E-state index contributed by atoms with van der Waals surface area (Å²) in [6.07, 6.45) is 1.15. The lowest BCUT2D eigenvalue weighted by molar-refractivity contribution is 0.543. The number of hydrogen-bond donors (Lipinski definition) is 1. The first kappa shape index (κ1) is 8.93. The van der Waals surface area contributed by atoms with Crippen molar-refractivity contribution in [3.63, 3.8) is 0 Å². The number of nitrogens with one attached hydrogen (secondary N) is 1. The van der Waals surface area contributed by atoms with E-state index in [1.54, 1.807) is 5.56 Å². The highest BCUT2D eigenvalue weighted by atomic mass is 14.9. The van der Waals surface area contributed by atoms with Crippen LogP contribution in [0.5, 0.6) is 0 Å². The van der Waals surface area contributed by atoms with E-state index in [1.807, 2.05) is 0 Å². The maximum absolute atomic E-state index is 3.50. The Morgan fingerprint density at radius 1 is 1.13 bits per heavy atom. The van der Waals surface area contributed by atoms with Crippen LogP contribution in [-0.4, -0.2) is 6.54 Å². The van der Waals surface area contributed by atoms with Crippen molar-refractivity contribution >= 4 is 10.8 Å². The summed E-state index contributed by atoms with van der Waals surface area (Å²) < 4.78 is 0. The van der Waals surface area contributed by atoms with Crippen molar-refractivity contribution in [3.8, 4) is 0 Å². The number of rotatable bonds is 0. The normalized spacial score (nSPS) is 20.2. The molecule has 0 saturated heterocycles. The van der Waals surface area contributed by atoms with Crippen molar-refractivity contribution in [1.29, 1.82) is 0 Å². The molecule has 1 heterocycles. The smallest absolute Gasteiger partial charge is 0.0294 e. The molecule has 0 unspecified atom stereocenters. The lowest BCUT2D eigenvalue weighted by atomic mass is 9.90. The molecular formula is C14H15N. The molecule has 2 aromatic carbocycles. The van der Waals surface area contributed by atoms with Crippen LogP contribution in [0.2, 0.25) is 0 Å². The average molecular weight is 197 g/mol. The molecular weight excluding hydrogens is 182 g/mol. The van der Waals surface area contributed by atoms with Crippen molar-refractivity contribution < 1.29 is 0 Å². The standard InChI is InChI=1S/C14H15N/c1-10-12-7-6-11-4-2-3-5-13(11)14(12)8-9-15-10/h2-7,10,15H,8-9H2,1H3/t10-/m1/s1. The zero-order valence-corrected chi connectivity index (χ0v) is 8.96. The summed E-state index contributed by atoms with van der Waals surface area (Å²) in [5, 5.41) is 6.30. The first-order valence-electron chi connectivity index (χ1n) is 5.60. The van der Waals surface area contributed by atoms with Crippen LogP contribution in [0.4, 0.5) is 0 Å². The lowest BCUT2D eigenvalue weighted by Crippen LogP contribution is -2.27. The third-order valence-electron chi connectivity index (χ3n) is 3.37. The highest BCUT2D eigenvalue weighted by Gasteiger charge is 2.16. The maximum Gasteiger partial charge on any atom is 0.0294 e. The number of benzene rings is 2. The average Bonchev–Trinajstić information content (AvgIpc) is 2.29. The van der Waals surface area contributed by atoms with Crippen molar-refractivity contribution in [2.45, 2.75) is 19.4 Å². The molecule has 0 radical (unpaired) electrons. The second-order valence-corrected chi connectivity index (χ2v) is 4.28. The summed E-state index contributed by atoms with van der Waals surface area (Å²) in [4.78, 5) is 0. The van der Waals surface area contributed by atoms with Gasteiger partial charge in [0.25, 0.3) is 0 Å². The predicted octanol–water partition coefficient (Wildman–Crippen LogP) is 3.05. The number of hydrogen-bond acceptors (Lipinski definition) is 1. The fourth-order valence-electron chi connectivity index (χ4n) is 2.56. The first-order chi connectivity index (χ1) is 7.36. The molecule has 0 spiro atoms. The van der Waals surface area contributed by atoms with Crippen LogP contribution in [0.3, 0.4) is 0 Å². The predicted molar refractivity (Wildman–Crippen MR) is 64.1 cm³/mol. The molecule has 2 aromatic rings. The van der Waals surface area contributed by atoms with E-state index in [-0.39, 0.29) is 0 Å². The molecule has 15 heavy (non-hydrogen) atoms. The molecule has 0 aromatic heterocycles. The Bertz CT molecular complexity index is 502. The maximum atomic E-state index is 3.50. The van der Waals surface area contributed by atoms with E-state index in [9.17, 15) is 0 Å². The Morgan fingerprint density at radius 2 is 2.00 bits per heavy atom. The van der Waals surface area contributed by atoms with Gasteiger partial charge in [-0.3, -0.25) is 0 Å². The Morgan fingerprint density at radius 3 is 2.93 bits per heavy atom. The summed E-state index contributed by atoms with van der Waals surface area (Å²) in [7, 11) is 0. The van der Waals surface area contributed by atoms with E-state index in [4.69, 9.17) is 0 Å². The van der Waals surface area contributed by atoms with Crippen molar-refractivity contribution in [1.82, 2.24) is 5.32 Å². The Balaban J connectivity index is 2.33. The molecule has 3 rings (SSSR count). The monoisotopic (exact) mass is 197 g/mol. The first-order valence-corrected chi connectivity index (χ1v) is 5.60.